The molecule has 2 unspecified atom stereocenters. The number of rotatable bonds is 4. The third kappa shape index (κ3) is 2.96. The van der Waals surface area contributed by atoms with Crippen molar-refractivity contribution in [3.8, 4) is 5.75 Å². The molecule has 0 saturated heterocycles. The van der Waals surface area contributed by atoms with Gasteiger partial charge in [-0.25, -0.2) is 4.39 Å². The maximum absolute atomic E-state index is 14.0. The Morgan fingerprint density at radius 2 is 1.95 bits per heavy atom. The van der Waals surface area contributed by atoms with Gasteiger partial charge >= 0.3 is 0 Å². The van der Waals surface area contributed by atoms with Crippen molar-refractivity contribution >= 4 is 11.3 Å². The molecule has 2 N–H and O–H groups in total. The number of hydrogen-bond donors (Lipinski definition) is 1. The van der Waals surface area contributed by atoms with Gasteiger partial charge in [-0.15, -0.1) is 11.3 Å². The van der Waals surface area contributed by atoms with Gasteiger partial charge < -0.3 is 10.5 Å². The van der Waals surface area contributed by atoms with Crippen LogP contribution in [0.25, 0.3) is 0 Å². The van der Waals surface area contributed by atoms with E-state index in [9.17, 15) is 4.39 Å². The minimum Gasteiger partial charge on any atom is -0.480 e. The number of ether oxygens (including phenoxy) is 1. The zero-order valence-corrected chi connectivity index (χ0v) is 12.1. The molecule has 2 nitrogen and oxygen atoms in total. The van der Waals surface area contributed by atoms with E-state index in [2.05, 4.69) is 0 Å². The molecule has 1 aromatic heterocycles. The smallest absolute Gasteiger partial charge is 0.167 e. The van der Waals surface area contributed by atoms with Crippen LogP contribution in [0.1, 0.15) is 29.0 Å². The minimum atomic E-state index is -0.323. The summed E-state index contributed by atoms with van der Waals surface area (Å²) in [6.07, 6.45) is -0.323. The topological polar surface area (TPSA) is 35.2 Å². The molecular formula is C15H18FNOS. The first kappa shape index (κ1) is 14.0. The highest BCUT2D eigenvalue weighted by Crippen LogP contribution is 2.32. The van der Waals surface area contributed by atoms with Crippen molar-refractivity contribution in [2.75, 3.05) is 0 Å². The van der Waals surface area contributed by atoms with Crippen LogP contribution in [0, 0.1) is 19.7 Å². The Hall–Kier alpha value is -1.39. The summed E-state index contributed by atoms with van der Waals surface area (Å²) in [5.41, 5.74) is 7.69. The predicted octanol–water partition coefficient (Wildman–Crippen LogP) is 3.97. The summed E-state index contributed by atoms with van der Waals surface area (Å²) < 4.78 is 19.8. The highest BCUT2D eigenvalue weighted by molar-refractivity contribution is 7.10. The lowest BCUT2D eigenvalue weighted by molar-refractivity contribution is 0.175. The Morgan fingerprint density at radius 3 is 2.53 bits per heavy atom. The fourth-order valence-electron chi connectivity index (χ4n) is 1.92. The van der Waals surface area contributed by atoms with Gasteiger partial charge in [-0.2, -0.15) is 0 Å². The van der Waals surface area contributed by atoms with Crippen molar-refractivity contribution in [2.24, 2.45) is 5.73 Å². The number of nitrogens with two attached hydrogens (primary N) is 1. The van der Waals surface area contributed by atoms with Crippen LogP contribution >= 0.6 is 11.3 Å². The van der Waals surface area contributed by atoms with Gasteiger partial charge in [0, 0.05) is 10.9 Å². The summed E-state index contributed by atoms with van der Waals surface area (Å²) >= 11 is 1.59. The number of thiophene rings is 1. The first-order valence-corrected chi connectivity index (χ1v) is 7.10. The highest BCUT2D eigenvalue weighted by atomic mass is 32.1. The maximum Gasteiger partial charge on any atom is 0.167 e. The van der Waals surface area contributed by atoms with Crippen LogP contribution in [0.2, 0.25) is 0 Å². The molecule has 0 aliphatic carbocycles. The Balaban J connectivity index is 2.32. The van der Waals surface area contributed by atoms with E-state index in [1.165, 1.54) is 0 Å². The van der Waals surface area contributed by atoms with Crippen molar-refractivity contribution in [3.63, 3.8) is 0 Å². The first-order chi connectivity index (χ1) is 9.00. The molecule has 0 saturated carbocycles. The van der Waals surface area contributed by atoms with Gasteiger partial charge in [0.05, 0.1) is 0 Å². The molecule has 0 aliphatic rings. The zero-order chi connectivity index (χ0) is 14.0. The summed E-state index contributed by atoms with van der Waals surface area (Å²) in [5.74, 6) is -0.0579. The molecule has 0 spiro atoms. The van der Waals surface area contributed by atoms with Gasteiger partial charge in [0.15, 0.2) is 11.6 Å². The second-order valence-electron chi connectivity index (χ2n) is 4.75. The van der Waals surface area contributed by atoms with E-state index in [1.54, 1.807) is 36.5 Å². The van der Waals surface area contributed by atoms with Crippen LogP contribution in [-0.2, 0) is 0 Å². The van der Waals surface area contributed by atoms with Crippen molar-refractivity contribution in [3.05, 3.63) is 51.5 Å². The van der Waals surface area contributed by atoms with E-state index in [-0.39, 0.29) is 23.7 Å². The van der Waals surface area contributed by atoms with Crippen LogP contribution in [0.3, 0.4) is 0 Å². The highest BCUT2D eigenvalue weighted by Gasteiger charge is 2.23. The standard InChI is InChI=1S/C15H18FNOS/c1-9-5-4-6-12(13(9)16)18-14(11(3)17)15-10(2)7-8-19-15/h4-8,11,14H,17H2,1-3H3. The van der Waals surface area contributed by atoms with Gasteiger partial charge in [-0.3, -0.25) is 0 Å². The monoisotopic (exact) mass is 279 g/mol. The van der Waals surface area contributed by atoms with Gasteiger partial charge in [0.2, 0.25) is 0 Å². The number of halogens is 1. The summed E-state index contributed by atoms with van der Waals surface area (Å²) in [7, 11) is 0. The summed E-state index contributed by atoms with van der Waals surface area (Å²) in [4.78, 5) is 1.05. The lowest BCUT2D eigenvalue weighted by atomic mass is 10.1. The molecular weight excluding hydrogens is 261 g/mol. The van der Waals surface area contributed by atoms with E-state index in [0.717, 1.165) is 10.4 Å². The quantitative estimate of drug-likeness (QED) is 0.919. The maximum atomic E-state index is 14.0. The molecule has 0 aliphatic heterocycles. The Labute approximate surface area is 117 Å². The molecule has 0 radical (unpaired) electrons. The molecule has 19 heavy (non-hydrogen) atoms. The van der Waals surface area contributed by atoms with Crippen LogP contribution in [0.5, 0.6) is 5.75 Å². The zero-order valence-electron chi connectivity index (χ0n) is 11.3. The molecule has 2 atom stereocenters. The van der Waals surface area contributed by atoms with Crippen molar-refractivity contribution < 1.29 is 9.13 Å². The van der Waals surface area contributed by atoms with Crippen LogP contribution < -0.4 is 10.5 Å². The van der Waals surface area contributed by atoms with Crippen molar-refractivity contribution in [1.29, 1.82) is 0 Å². The van der Waals surface area contributed by atoms with E-state index >= 15 is 0 Å². The second kappa shape index (κ2) is 5.72. The van der Waals surface area contributed by atoms with Crippen molar-refractivity contribution in [1.82, 2.24) is 0 Å². The van der Waals surface area contributed by atoms with Gasteiger partial charge in [0.25, 0.3) is 0 Å². The lowest BCUT2D eigenvalue weighted by Gasteiger charge is -2.23. The van der Waals surface area contributed by atoms with E-state index in [1.807, 2.05) is 25.3 Å². The average Bonchev–Trinajstić information content (AvgIpc) is 2.77. The Kier molecular flexibility index (Phi) is 4.22. The normalized spacial score (nSPS) is 14.2. The molecule has 0 amide bonds. The first-order valence-electron chi connectivity index (χ1n) is 6.22. The Bertz CT molecular complexity index is 565. The Morgan fingerprint density at radius 1 is 1.21 bits per heavy atom. The largest absolute Gasteiger partial charge is 0.480 e. The molecule has 1 heterocycles. The summed E-state index contributed by atoms with van der Waals surface area (Å²) in [6, 6.07) is 6.95. The van der Waals surface area contributed by atoms with Crippen LogP contribution in [0.15, 0.2) is 29.6 Å². The molecule has 102 valence electrons. The number of hydrogen-bond acceptors (Lipinski definition) is 3. The predicted molar refractivity (Wildman–Crippen MR) is 77.2 cm³/mol. The lowest BCUT2D eigenvalue weighted by Crippen LogP contribution is -2.29. The van der Waals surface area contributed by atoms with Gasteiger partial charge in [-0.1, -0.05) is 12.1 Å². The van der Waals surface area contributed by atoms with Gasteiger partial charge in [-0.05, 0) is 49.4 Å². The van der Waals surface area contributed by atoms with Crippen LogP contribution in [0.4, 0.5) is 4.39 Å². The number of benzene rings is 1. The molecule has 1 aromatic carbocycles. The average molecular weight is 279 g/mol. The number of aryl methyl sites for hydroxylation is 2. The fraction of sp³-hybridized carbons (Fsp3) is 0.333. The fourth-order valence-corrected chi connectivity index (χ4v) is 2.99. The summed E-state index contributed by atoms with van der Waals surface area (Å²) in [6.45, 7) is 5.61. The minimum absolute atomic E-state index is 0.211. The third-order valence-electron chi connectivity index (χ3n) is 3.05. The molecule has 4 heteroatoms. The van der Waals surface area contributed by atoms with Crippen molar-refractivity contribution in [2.45, 2.75) is 32.9 Å². The van der Waals surface area contributed by atoms with E-state index < -0.39 is 0 Å². The third-order valence-corrected chi connectivity index (χ3v) is 4.13. The molecule has 0 bridgehead atoms. The van der Waals surface area contributed by atoms with E-state index in [4.69, 9.17) is 10.5 Å². The molecule has 2 rings (SSSR count). The van der Waals surface area contributed by atoms with Gasteiger partial charge in [0.1, 0.15) is 6.10 Å². The summed E-state index contributed by atoms with van der Waals surface area (Å²) in [5, 5.41) is 2.00. The molecule has 2 aromatic rings. The second-order valence-corrected chi connectivity index (χ2v) is 5.70. The van der Waals surface area contributed by atoms with Crippen LogP contribution in [-0.4, -0.2) is 6.04 Å². The van der Waals surface area contributed by atoms with E-state index in [0.29, 0.717) is 5.56 Å². The molecule has 0 fully saturated rings. The SMILES string of the molecule is Cc1ccsc1C(Oc1cccc(C)c1F)C(C)N.